The second-order valence-electron chi connectivity index (χ2n) is 4.36. The van der Waals surface area contributed by atoms with Crippen LogP contribution in [0.15, 0.2) is 0 Å². The summed E-state index contributed by atoms with van der Waals surface area (Å²) in [6.45, 7) is 4.66. The van der Waals surface area contributed by atoms with E-state index in [9.17, 15) is 20.3 Å². The molecule has 3 N–H and O–H groups in total. The van der Waals surface area contributed by atoms with Crippen LogP contribution in [0.4, 0.5) is 11.5 Å². The highest BCUT2D eigenvalue weighted by molar-refractivity contribution is 5.60. The number of hydrogen-bond acceptors (Lipinski definition) is 6. The molecule has 1 rings (SSSR count). The molecule has 1 aromatic rings. The number of anilines is 1. The minimum Gasteiger partial charge on any atom is -0.394 e. The van der Waals surface area contributed by atoms with Gasteiger partial charge in [-0.25, -0.2) is 4.68 Å². The summed E-state index contributed by atoms with van der Waals surface area (Å²) in [6, 6.07) is 0. The number of rotatable bonds is 6. The molecule has 8 heteroatoms. The summed E-state index contributed by atoms with van der Waals surface area (Å²) in [5, 5.41) is 36.3. The Morgan fingerprint density at radius 3 is 2.44 bits per heavy atom. The molecule has 1 heterocycles. The first-order valence-electron chi connectivity index (χ1n) is 5.60. The van der Waals surface area contributed by atoms with Crippen LogP contribution in [0.3, 0.4) is 0 Å². The number of aliphatic hydroxyl groups is 2. The molecule has 1 aromatic heterocycles. The number of aryl methyl sites for hydroxylation is 2. The summed E-state index contributed by atoms with van der Waals surface area (Å²) in [5.74, 6) is 0.200. The summed E-state index contributed by atoms with van der Waals surface area (Å²) in [4.78, 5) is 10.5. The molecule has 0 saturated carbocycles. The third kappa shape index (κ3) is 2.59. The predicted molar refractivity (Wildman–Crippen MR) is 65.5 cm³/mol. The van der Waals surface area contributed by atoms with E-state index in [1.165, 1.54) is 4.68 Å². The Kier molecular flexibility index (Phi) is 4.25. The van der Waals surface area contributed by atoms with Gasteiger partial charge in [0.05, 0.1) is 23.7 Å². The Labute approximate surface area is 104 Å². The lowest BCUT2D eigenvalue weighted by Crippen LogP contribution is -2.43. The van der Waals surface area contributed by atoms with Crippen LogP contribution in [0.5, 0.6) is 0 Å². The second-order valence-corrected chi connectivity index (χ2v) is 4.36. The van der Waals surface area contributed by atoms with E-state index in [0.717, 1.165) is 0 Å². The topological polar surface area (TPSA) is 113 Å². The monoisotopic (exact) mass is 258 g/mol. The molecule has 0 radical (unpaired) electrons. The van der Waals surface area contributed by atoms with Crippen LogP contribution in [0, 0.1) is 17.0 Å². The first-order chi connectivity index (χ1) is 8.38. The van der Waals surface area contributed by atoms with Gasteiger partial charge in [-0.15, -0.1) is 0 Å². The van der Waals surface area contributed by atoms with Crippen molar-refractivity contribution in [3.8, 4) is 0 Å². The van der Waals surface area contributed by atoms with Crippen molar-refractivity contribution in [3.05, 3.63) is 15.8 Å². The number of hydrogen-bond donors (Lipinski definition) is 3. The number of nitro groups is 1. The zero-order valence-electron chi connectivity index (χ0n) is 10.7. The summed E-state index contributed by atoms with van der Waals surface area (Å²) in [7, 11) is 0. The third-order valence-corrected chi connectivity index (χ3v) is 2.70. The highest BCUT2D eigenvalue weighted by Gasteiger charge is 2.31. The van der Waals surface area contributed by atoms with Gasteiger partial charge in [0.25, 0.3) is 0 Å². The Bertz CT molecular complexity index is 439. The second kappa shape index (κ2) is 5.32. The van der Waals surface area contributed by atoms with Gasteiger partial charge in [-0.1, -0.05) is 0 Å². The maximum absolute atomic E-state index is 11.0. The molecule has 0 aliphatic carbocycles. The summed E-state index contributed by atoms with van der Waals surface area (Å²) in [5.41, 5.74) is -0.878. The van der Waals surface area contributed by atoms with Gasteiger partial charge >= 0.3 is 5.69 Å². The van der Waals surface area contributed by atoms with E-state index < -0.39 is 10.5 Å². The molecule has 0 bridgehead atoms. The highest BCUT2D eigenvalue weighted by atomic mass is 16.6. The van der Waals surface area contributed by atoms with Gasteiger partial charge < -0.3 is 15.5 Å². The highest BCUT2D eigenvalue weighted by Crippen LogP contribution is 2.30. The normalized spacial score (nSPS) is 11.6. The fraction of sp³-hybridized carbons (Fsp3) is 0.700. The van der Waals surface area contributed by atoms with Gasteiger partial charge in [0, 0.05) is 6.54 Å². The van der Waals surface area contributed by atoms with E-state index >= 15 is 0 Å². The quantitative estimate of drug-likeness (QED) is 0.498. The van der Waals surface area contributed by atoms with Gasteiger partial charge in [0.1, 0.15) is 5.69 Å². The van der Waals surface area contributed by atoms with Crippen molar-refractivity contribution < 1.29 is 15.1 Å². The standard InChI is InChI=1S/C10H18N4O4/c1-4-13-9(11-10(3,5-15)6-16)8(14(17)18)7(2)12-13/h11,15-16H,4-6H2,1-3H3. The Hall–Kier alpha value is -1.67. The maximum Gasteiger partial charge on any atom is 0.333 e. The molecule has 0 saturated heterocycles. The molecule has 18 heavy (non-hydrogen) atoms. The van der Waals surface area contributed by atoms with E-state index in [2.05, 4.69) is 10.4 Å². The van der Waals surface area contributed by atoms with Crippen molar-refractivity contribution in [2.45, 2.75) is 32.9 Å². The Morgan fingerprint density at radius 1 is 1.50 bits per heavy atom. The molecule has 8 nitrogen and oxygen atoms in total. The van der Waals surface area contributed by atoms with Crippen LogP contribution in [-0.2, 0) is 6.54 Å². The molecule has 102 valence electrons. The number of nitrogens with zero attached hydrogens (tertiary/aromatic N) is 3. The lowest BCUT2D eigenvalue weighted by atomic mass is 10.1. The maximum atomic E-state index is 11.0. The Morgan fingerprint density at radius 2 is 2.06 bits per heavy atom. The summed E-state index contributed by atoms with van der Waals surface area (Å²) in [6.07, 6.45) is 0. The minimum atomic E-state index is -1.04. The first kappa shape index (κ1) is 14.4. The van der Waals surface area contributed by atoms with E-state index in [0.29, 0.717) is 12.2 Å². The van der Waals surface area contributed by atoms with Gasteiger partial charge in [0.15, 0.2) is 0 Å². The number of aliphatic hydroxyl groups excluding tert-OH is 2. The fourth-order valence-electron chi connectivity index (χ4n) is 1.56. The summed E-state index contributed by atoms with van der Waals surface area (Å²) >= 11 is 0. The largest absolute Gasteiger partial charge is 0.394 e. The van der Waals surface area contributed by atoms with Crippen LogP contribution in [0.2, 0.25) is 0 Å². The zero-order chi connectivity index (χ0) is 13.9. The smallest absolute Gasteiger partial charge is 0.333 e. The van der Waals surface area contributed by atoms with Crippen molar-refractivity contribution in [3.63, 3.8) is 0 Å². The zero-order valence-corrected chi connectivity index (χ0v) is 10.7. The predicted octanol–water partition coefficient (Wildman–Crippen LogP) is 0.275. The van der Waals surface area contributed by atoms with E-state index in [-0.39, 0.29) is 24.7 Å². The molecule has 0 unspecified atom stereocenters. The number of aromatic nitrogens is 2. The third-order valence-electron chi connectivity index (χ3n) is 2.70. The van der Waals surface area contributed by atoms with E-state index in [1.54, 1.807) is 20.8 Å². The van der Waals surface area contributed by atoms with Gasteiger partial charge in [0.2, 0.25) is 5.82 Å². The molecule has 0 atom stereocenters. The molecule has 0 spiro atoms. The average molecular weight is 258 g/mol. The number of nitrogens with one attached hydrogen (secondary N) is 1. The van der Waals surface area contributed by atoms with Gasteiger partial charge in [-0.05, 0) is 20.8 Å². The van der Waals surface area contributed by atoms with E-state index in [4.69, 9.17) is 0 Å². The van der Waals surface area contributed by atoms with Gasteiger partial charge in [-0.2, -0.15) is 5.10 Å². The van der Waals surface area contributed by atoms with Crippen LogP contribution in [-0.4, -0.2) is 43.7 Å². The fourth-order valence-corrected chi connectivity index (χ4v) is 1.56. The lowest BCUT2D eigenvalue weighted by molar-refractivity contribution is -0.384. The van der Waals surface area contributed by atoms with E-state index in [1.807, 2.05) is 0 Å². The first-order valence-corrected chi connectivity index (χ1v) is 5.60. The average Bonchev–Trinajstić information content (AvgIpc) is 2.65. The van der Waals surface area contributed by atoms with Crippen LogP contribution in [0.25, 0.3) is 0 Å². The molecule has 0 aromatic carbocycles. The molecular formula is C10H18N4O4. The minimum absolute atomic E-state index is 0.134. The van der Waals surface area contributed by atoms with Crippen LogP contribution >= 0.6 is 0 Å². The molecular weight excluding hydrogens is 240 g/mol. The van der Waals surface area contributed by atoms with Crippen molar-refractivity contribution in [2.24, 2.45) is 0 Å². The van der Waals surface area contributed by atoms with Crippen molar-refractivity contribution in [1.29, 1.82) is 0 Å². The Balaban J connectivity index is 3.25. The van der Waals surface area contributed by atoms with Crippen LogP contribution < -0.4 is 5.32 Å². The summed E-state index contributed by atoms with van der Waals surface area (Å²) < 4.78 is 1.44. The molecule has 0 aliphatic rings. The van der Waals surface area contributed by atoms with Crippen LogP contribution in [0.1, 0.15) is 19.5 Å². The molecule has 0 fully saturated rings. The SMILES string of the molecule is CCn1nc(C)c([N+](=O)[O-])c1NC(C)(CO)CO. The van der Waals surface area contributed by atoms with Crippen molar-refractivity contribution in [1.82, 2.24) is 9.78 Å². The lowest BCUT2D eigenvalue weighted by Gasteiger charge is -2.27. The molecule has 0 aliphatic heterocycles. The van der Waals surface area contributed by atoms with Crippen molar-refractivity contribution >= 4 is 11.5 Å². The van der Waals surface area contributed by atoms with Gasteiger partial charge in [-0.3, -0.25) is 10.1 Å². The molecule has 0 amide bonds. The van der Waals surface area contributed by atoms with Crippen molar-refractivity contribution in [2.75, 3.05) is 18.5 Å².